The van der Waals surface area contributed by atoms with Gasteiger partial charge in [0.25, 0.3) is 0 Å². The molecule has 0 radical (unpaired) electrons. The molecule has 0 aliphatic rings. The van der Waals surface area contributed by atoms with Crippen molar-refractivity contribution >= 4 is 15.5 Å². The first kappa shape index (κ1) is 15.3. The van der Waals surface area contributed by atoms with Crippen LogP contribution >= 0.6 is 0 Å². The van der Waals surface area contributed by atoms with Gasteiger partial charge in [0, 0.05) is 38.2 Å². The van der Waals surface area contributed by atoms with Gasteiger partial charge in [-0.25, -0.2) is 12.7 Å². The highest BCUT2D eigenvalue weighted by molar-refractivity contribution is 7.89. The van der Waals surface area contributed by atoms with Gasteiger partial charge in [-0.2, -0.15) is 10.4 Å². The zero-order valence-corrected chi connectivity index (χ0v) is 13.5. The van der Waals surface area contributed by atoms with Crippen molar-refractivity contribution in [2.45, 2.75) is 11.4 Å². The molecule has 0 atom stereocenters. The van der Waals surface area contributed by atoms with Gasteiger partial charge in [0.05, 0.1) is 23.8 Å². The third-order valence-electron chi connectivity index (χ3n) is 3.59. The molecule has 3 heterocycles. The molecule has 3 aromatic heterocycles. The van der Waals surface area contributed by atoms with E-state index in [1.807, 2.05) is 35.0 Å². The maximum absolute atomic E-state index is 12.1. The van der Waals surface area contributed by atoms with E-state index in [2.05, 4.69) is 11.2 Å². The quantitative estimate of drug-likeness (QED) is 0.722. The van der Waals surface area contributed by atoms with Gasteiger partial charge in [0.15, 0.2) is 0 Å². The fourth-order valence-electron chi connectivity index (χ4n) is 2.38. The Labute approximate surface area is 134 Å². The standard InChI is InChI=1S/C15H15N5O2S/c1-18(2)23(21,22)13-8-17-20(11-13)10-12-9-19-6-4-3-5-15(19)14(12)7-16/h3-6,8-9,11H,10H2,1-2H3. The smallest absolute Gasteiger partial charge is 0.245 e. The summed E-state index contributed by atoms with van der Waals surface area (Å²) in [5.74, 6) is 0. The Balaban J connectivity index is 1.98. The average molecular weight is 329 g/mol. The Morgan fingerprint density at radius 3 is 2.78 bits per heavy atom. The van der Waals surface area contributed by atoms with Crippen LogP contribution in [0.15, 0.2) is 47.9 Å². The zero-order chi connectivity index (χ0) is 16.6. The van der Waals surface area contributed by atoms with Gasteiger partial charge >= 0.3 is 0 Å². The lowest BCUT2D eigenvalue weighted by Crippen LogP contribution is -2.21. The Kier molecular flexibility index (Phi) is 3.67. The summed E-state index contributed by atoms with van der Waals surface area (Å²) in [5, 5.41) is 13.5. The zero-order valence-electron chi connectivity index (χ0n) is 12.7. The van der Waals surface area contributed by atoms with Gasteiger partial charge < -0.3 is 4.40 Å². The van der Waals surface area contributed by atoms with Crippen LogP contribution in [0.1, 0.15) is 11.1 Å². The van der Waals surface area contributed by atoms with Crippen LogP contribution in [0.25, 0.3) is 5.52 Å². The number of hydrogen-bond donors (Lipinski definition) is 0. The highest BCUT2D eigenvalue weighted by Crippen LogP contribution is 2.19. The Morgan fingerprint density at radius 1 is 1.30 bits per heavy atom. The summed E-state index contributed by atoms with van der Waals surface area (Å²) in [5.41, 5.74) is 2.17. The molecule has 0 amide bonds. The molecule has 118 valence electrons. The van der Waals surface area contributed by atoms with Gasteiger partial charge in [-0.05, 0) is 12.1 Å². The topological polar surface area (TPSA) is 83.4 Å². The minimum Gasteiger partial charge on any atom is -0.322 e. The van der Waals surface area contributed by atoms with E-state index >= 15 is 0 Å². The monoisotopic (exact) mass is 329 g/mol. The fourth-order valence-corrected chi connectivity index (χ4v) is 3.23. The molecule has 0 aliphatic carbocycles. The molecular formula is C15H15N5O2S. The van der Waals surface area contributed by atoms with Crippen LogP contribution in [0.5, 0.6) is 0 Å². The van der Waals surface area contributed by atoms with Crippen LogP contribution in [0.4, 0.5) is 0 Å². The highest BCUT2D eigenvalue weighted by atomic mass is 32.2. The van der Waals surface area contributed by atoms with Crippen LogP contribution < -0.4 is 0 Å². The molecule has 3 rings (SSSR count). The minimum absolute atomic E-state index is 0.129. The van der Waals surface area contributed by atoms with Crippen molar-refractivity contribution in [1.29, 1.82) is 5.26 Å². The lowest BCUT2D eigenvalue weighted by atomic mass is 10.2. The predicted octanol–water partition coefficient (Wildman–Crippen LogP) is 1.31. The van der Waals surface area contributed by atoms with Crippen molar-refractivity contribution in [3.05, 3.63) is 54.1 Å². The summed E-state index contributed by atoms with van der Waals surface area (Å²) in [6.45, 7) is 0.327. The molecule has 0 N–H and O–H groups in total. The van der Waals surface area contributed by atoms with Crippen LogP contribution in [0, 0.1) is 11.3 Å². The molecule has 8 heteroatoms. The number of aromatic nitrogens is 3. The molecule has 0 fully saturated rings. The van der Waals surface area contributed by atoms with E-state index in [4.69, 9.17) is 0 Å². The third-order valence-corrected chi connectivity index (χ3v) is 5.36. The van der Waals surface area contributed by atoms with Crippen molar-refractivity contribution < 1.29 is 8.42 Å². The first-order chi connectivity index (χ1) is 10.9. The molecular weight excluding hydrogens is 314 g/mol. The second-order valence-corrected chi connectivity index (χ2v) is 7.45. The van der Waals surface area contributed by atoms with E-state index in [9.17, 15) is 13.7 Å². The van der Waals surface area contributed by atoms with E-state index in [1.165, 1.54) is 31.2 Å². The summed E-state index contributed by atoms with van der Waals surface area (Å²) >= 11 is 0. The van der Waals surface area contributed by atoms with E-state index in [-0.39, 0.29) is 4.90 Å². The molecule has 3 aromatic rings. The highest BCUT2D eigenvalue weighted by Gasteiger charge is 2.20. The van der Waals surface area contributed by atoms with Crippen LogP contribution in [-0.2, 0) is 16.6 Å². The van der Waals surface area contributed by atoms with Gasteiger partial charge in [-0.1, -0.05) is 6.07 Å². The van der Waals surface area contributed by atoms with Crippen molar-refractivity contribution in [3.63, 3.8) is 0 Å². The molecule has 0 saturated carbocycles. The normalized spacial score (nSPS) is 11.9. The van der Waals surface area contributed by atoms with E-state index in [0.717, 1.165) is 15.4 Å². The molecule has 0 aromatic carbocycles. The number of fused-ring (bicyclic) bond motifs is 1. The first-order valence-corrected chi connectivity index (χ1v) is 8.31. The number of nitrogens with zero attached hydrogens (tertiary/aromatic N) is 5. The predicted molar refractivity (Wildman–Crippen MR) is 84.3 cm³/mol. The van der Waals surface area contributed by atoms with Gasteiger partial charge in [0.1, 0.15) is 11.0 Å². The minimum atomic E-state index is -3.51. The summed E-state index contributed by atoms with van der Waals surface area (Å²) in [7, 11) is -0.562. The Bertz CT molecular complexity index is 1010. The number of sulfonamides is 1. The lowest BCUT2D eigenvalue weighted by Gasteiger charge is -2.08. The maximum Gasteiger partial charge on any atom is 0.245 e. The van der Waals surface area contributed by atoms with Crippen molar-refractivity contribution in [3.8, 4) is 6.07 Å². The Hall–Kier alpha value is -2.63. The molecule has 23 heavy (non-hydrogen) atoms. The number of pyridine rings is 1. The molecule has 0 saturated heterocycles. The summed E-state index contributed by atoms with van der Waals surface area (Å²) in [4.78, 5) is 0.129. The number of nitriles is 1. The molecule has 0 bridgehead atoms. The lowest BCUT2D eigenvalue weighted by molar-refractivity contribution is 0.520. The van der Waals surface area contributed by atoms with Gasteiger partial charge in [0.2, 0.25) is 10.0 Å². The second-order valence-electron chi connectivity index (χ2n) is 5.30. The van der Waals surface area contributed by atoms with Gasteiger partial charge in [-0.15, -0.1) is 0 Å². The van der Waals surface area contributed by atoms with Gasteiger partial charge in [-0.3, -0.25) is 4.68 Å². The Morgan fingerprint density at radius 2 is 2.09 bits per heavy atom. The SMILES string of the molecule is CN(C)S(=O)(=O)c1cnn(Cc2cn3ccccc3c2C#N)c1. The number of hydrogen-bond acceptors (Lipinski definition) is 4. The summed E-state index contributed by atoms with van der Waals surface area (Å²) in [6, 6.07) is 7.83. The first-order valence-electron chi connectivity index (χ1n) is 6.87. The average Bonchev–Trinajstić information content (AvgIpc) is 3.11. The van der Waals surface area contributed by atoms with E-state index in [0.29, 0.717) is 12.1 Å². The summed E-state index contributed by atoms with van der Waals surface area (Å²) in [6.07, 6.45) is 6.51. The molecule has 0 aliphatic heterocycles. The van der Waals surface area contributed by atoms with Crippen LogP contribution in [-0.4, -0.2) is 41.0 Å². The molecule has 0 unspecified atom stereocenters. The molecule has 0 spiro atoms. The second kappa shape index (κ2) is 5.53. The summed E-state index contributed by atoms with van der Waals surface area (Å²) < 4.78 is 28.7. The van der Waals surface area contributed by atoms with Crippen molar-refractivity contribution in [2.75, 3.05) is 14.1 Å². The van der Waals surface area contributed by atoms with Crippen LogP contribution in [0.2, 0.25) is 0 Å². The van der Waals surface area contributed by atoms with Crippen molar-refractivity contribution in [2.24, 2.45) is 0 Å². The van der Waals surface area contributed by atoms with E-state index in [1.54, 1.807) is 0 Å². The van der Waals surface area contributed by atoms with Crippen molar-refractivity contribution in [1.82, 2.24) is 18.5 Å². The maximum atomic E-state index is 12.1. The largest absolute Gasteiger partial charge is 0.322 e. The fraction of sp³-hybridized carbons (Fsp3) is 0.200. The third kappa shape index (κ3) is 2.60. The van der Waals surface area contributed by atoms with E-state index < -0.39 is 10.0 Å². The van der Waals surface area contributed by atoms with Crippen LogP contribution in [0.3, 0.4) is 0 Å². The molecule has 7 nitrogen and oxygen atoms in total. The number of rotatable bonds is 4.